The Labute approximate surface area is 118 Å². The van der Waals surface area contributed by atoms with Crippen molar-refractivity contribution >= 4 is 11.1 Å². The van der Waals surface area contributed by atoms with Crippen LogP contribution in [0.15, 0.2) is 27.4 Å². The summed E-state index contributed by atoms with van der Waals surface area (Å²) >= 11 is 0. The Morgan fingerprint density at radius 3 is 2.95 bits per heavy atom. The number of nitrogens with zero attached hydrogens (tertiary/aromatic N) is 1. The number of hydrogen-bond donors (Lipinski definition) is 1. The molecule has 0 bridgehead atoms. The Morgan fingerprint density at radius 2 is 2.25 bits per heavy atom. The lowest BCUT2D eigenvalue weighted by molar-refractivity contribution is 0.473. The Hall–Kier alpha value is -1.55. The van der Waals surface area contributed by atoms with E-state index in [2.05, 4.69) is 18.3 Å². The van der Waals surface area contributed by atoms with E-state index >= 15 is 0 Å². The highest BCUT2D eigenvalue weighted by atomic mass is 16.4. The minimum atomic E-state index is -0.294. The molecule has 108 valence electrons. The molecule has 0 amide bonds. The second-order valence-electron chi connectivity index (χ2n) is 5.84. The first-order chi connectivity index (χ1) is 9.69. The molecule has 20 heavy (non-hydrogen) atoms. The van der Waals surface area contributed by atoms with Gasteiger partial charge in [-0.25, -0.2) is 4.79 Å². The van der Waals surface area contributed by atoms with Gasteiger partial charge in [0.2, 0.25) is 0 Å². The Balaban J connectivity index is 1.90. The smallest absolute Gasteiger partial charge is 0.408 e. The molecule has 2 aromatic rings. The molecule has 1 aliphatic carbocycles. The van der Waals surface area contributed by atoms with E-state index in [9.17, 15) is 4.79 Å². The Kier molecular flexibility index (Phi) is 3.66. The summed E-state index contributed by atoms with van der Waals surface area (Å²) < 4.78 is 6.84. The van der Waals surface area contributed by atoms with Gasteiger partial charge in [0.05, 0.1) is 5.52 Å². The first kappa shape index (κ1) is 13.4. The predicted octanol–water partition coefficient (Wildman–Crippen LogP) is 2.97. The third kappa shape index (κ3) is 2.66. The highest BCUT2D eigenvalue weighted by molar-refractivity contribution is 5.73. The molecule has 1 fully saturated rings. The van der Waals surface area contributed by atoms with E-state index < -0.39 is 0 Å². The normalized spacial score (nSPS) is 16.7. The maximum atomic E-state index is 11.6. The summed E-state index contributed by atoms with van der Waals surface area (Å²) in [6.45, 7) is 3.20. The van der Waals surface area contributed by atoms with Gasteiger partial charge in [-0.05, 0) is 43.0 Å². The molecule has 1 aliphatic rings. The molecule has 1 atom stereocenters. The summed E-state index contributed by atoms with van der Waals surface area (Å²) in [7, 11) is 1.74. The SMILES string of the molecule is CCCNC(CC1CC1)c1ccc2c(c1)oc(=O)n2C. The number of hydrogen-bond acceptors (Lipinski definition) is 3. The third-order valence-electron chi connectivity index (χ3n) is 4.13. The number of oxazole rings is 1. The van der Waals surface area contributed by atoms with Crippen molar-refractivity contribution in [1.29, 1.82) is 0 Å². The van der Waals surface area contributed by atoms with Crippen LogP contribution in [0, 0.1) is 5.92 Å². The topological polar surface area (TPSA) is 47.2 Å². The van der Waals surface area contributed by atoms with Crippen molar-refractivity contribution in [3.63, 3.8) is 0 Å². The van der Waals surface area contributed by atoms with E-state index in [0.717, 1.165) is 24.4 Å². The first-order valence-corrected chi connectivity index (χ1v) is 7.52. The summed E-state index contributed by atoms with van der Waals surface area (Å²) in [5.74, 6) is 0.570. The zero-order valence-corrected chi connectivity index (χ0v) is 12.2. The van der Waals surface area contributed by atoms with Crippen LogP contribution in [0.5, 0.6) is 0 Å². The van der Waals surface area contributed by atoms with Crippen molar-refractivity contribution in [2.75, 3.05) is 6.54 Å². The molecular weight excluding hydrogens is 252 g/mol. The van der Waals surface area contributed by atoms with E-state index in [1.807, 2.05) is 12.1 Å². The van der Waals surface area contributed by atoms with Crippen LogP contribution in [-0.4, -0.2) is 11.1 Å². The molecule has 1 aromatic heterocycles. The molecule has 1 saturated carbocycles. The Morgan fingerprint density at radius 1 is 1.45 bits per heavy atom. The molecule has 4 nitrogen and oxygen atoms in total. The van der Waals surface area contributed by atoms with Gasteiger partial charge in [-0.15, -0.1) is 0 Å². The van der Waals surface area contributed by atoms with Gasteiger partial charge < -0.3 is 9.73 Å². The van der Waals surface area contributed by atoms with Crippen molar-refractivity contribution in [2.24, 2.45) is 13.0 Å². The average Bonchev–Trinajstić information content (AvgIpc) is 3.22. The monoisotopic (exact) mass is 274 g/mol. The number of rotatable bonds is 6. The highest BCUT2D eigenvalue weighted by Crippen LogP contribution is 2.38. The number of nitrogens with one attached hydrogen (secondary N) is 1. The maximum absolute atomic E-state index is 11.6. The van der Waals surface area contributed by atoms with Crippen molar-refractivity contribution in [3.05, 3.63) is 34.3 Å². The number of fused-ring (bicyclic) bond motifs is 1. The molecule has 0 radical (unpaired) electrons. The fourth-order valence-electron chi connectivity index (χ4n) is 2.71. The fourth-order valence-corrected chi connectivity index (χ4v) is 2.71. The largest absolute Gasteiger partial charge is 0.419 e. The fraction of sp³-hybridized carbons (Fsp3) is 0.562. The van der Waals surface area contributed by atoms with E-state index in [1.165, 1.54) is 24.8 Å². The minimum absolute atomic E-state index is 0.294. The Bertz CT molecular complexity index is 652. The lowest BCUT2D eigenvalue weighted by atomic mass is 10.0. The molecule has 0 saturated heterocycles. The summed E-state index contributed by atoms with van der Waals surface area (Å²) in [6, 6.07) is 6.50. The molecular formula is C16H22N2O2. The summed E-state index contributed by atoms with van der Waals surface area (Å²) in [5, 5.41) is 3.62. The van der Waals surface area contributed by atoms with E-state index in [4.69, 9.17) is 4.42 Å². The zero-order chi connectivity index (χ0) is 14.1. The summed E-state index contributed by atoms with van der Waals surface area (Å²) in [6.07, 6.45) is 5.02. The van der Waals surface area contributed by atoms with E-state index in [1.54, 1.807) is 11.6 Å². The lowest BCUT2D eigenvalue weighted by Crippen LogP contribution is -2.22. The first-order valence-electron chi connectivity index (χ1n) is 7.52. The van der Waals surface area contributed by atoms with Gasteiger partial charge in [0.15, 0.2) is 5.58 Å². The van der Waals surface area contributed by atoms with Gasteiger partial charge in [0, 0.05) is 13.1 Å². The van der Waals surface area contributed by atoms with Crippen molar-refractivity contribution in [3.8, 4) is 0 Å². The van der Waals surface area contributed by atoms with Gasteiger partial charge in [-0.1, -0.05) is 25.8 Å². The highest BCUT2D eigenvalue weighted by Gasteiger charge is 2.26. The van der Waals surface area contributed by atoms with Crippen LogP contribution in [0.2, 0.25) is 0 Å². The second kappa shape index (κ2) is 5.44. The van der Waals surface area contributed by atoms with Crippen LogP contribution < -0.4 is 11.1 Å². The minimum Gasteiger partial charge on any atom is -0.408 e. The maximum Gasteiger partial charge on any atom is 0.419 e. The van der Waals surface area contributed by atoms with Crippen LogP contribution in [0.25, 0.3) is 11.1 Å². The number of aryl methyl sites for hydroxylation is 1. The molecule has 4 heteroatoms. The molecule has 1 heterocycles. The number of aromatic nitrogens is 1. The van der Waals surface area contributed by atoms with Crippen molar-refractivity contribution in [1.82, 2.24) is 9.88 Å². The quantitative estimate of drug-likeness (QED) is 0.881. The van der Waals surface area contributed by atoms with Crippen LogP contribution in [-0.2, 0) is 7.05 Å². The molecule has 0 aliphatic heterocycles. The lowest BCUT2D eigenvalue weighted by Gasteiger charge is -2.18. The standard InChI is InChI=1S/C16H22N2O2/c1-3-8-17-13(9-11-4-5-11)12-6-7-14-15(10-12)20-16(19)18(14)2/h6-7,10-11,13,17H,3-5,8-9H2,1-2H3. The van der Waals surface area contributed by atoms with Crippen molar-refractivity contribution in [2.45, 2.75) is 38.6 Å². The molecule has 1 unspecified atom stereocenters. The van der Waals surface area contributed by atoms with E-state index in [-0.39, 0.29) is 5.76 Å². The molecule has 1 N–H and O–H groups in total. The number of benzene rings is 1. The average molecular weight is 274 g/mol. The van der Waals surface area contributed by atoms with Crippen molar-refractivity contribution < 1.29 is 4.42 Å². The zero-order valence-electron chi connectivity index (χ0n) is 12.2. The third-order valence-corrected chi connectivity index (χ3v) is 4.13. The van der Waals surface area contributed by atoms with Gasteiger partial charge in [0.1, 0.15) is 0 Å². The van der Waals surface area contributed by atoms with Gasteiger partial charge >= 0.3 is 5.76 Å². The van der Waals surface area contributed by atoms with Crippen LogP contribution in [0.3, 0.4) is 0 Å². The second-order valence-corrected chi connectivity index (χ2v) is 5.84. The molecule has 0 spiro atoms. The van der Waals surface area contributed by atoms with Crippen LogP contribution >= 0.6 is 0 Å². The van der Waals surface area contributed by atoms with Gasteiger partial charge in [-0.2, -0.15) is 0 Å². The predicted molar refractivity (Wildman–Crippen MR) is 79.8 cm³/mol. The summed E-state index contributed by atoms with van der Waals surface area (Å²) in [5.41, 5.74) is 2.78. The van der Waals surface area contributed by atoms with Gasteiger partial charge in [-0.3, -0.25) is 4.57 Å². The molecule has 3 rings (SSSR count). The van der Waals surface area contributed by atoms with E-state index in [0.29, 0.717) is 11.6 Å². The summed E-state index contributed by atoms with van der Waals surface area (Å²) in [4.78, 5) is 11.6. The van der Waals surface area contributed by atoms with Crippen LogP contribution in [0.1, 0.15) is 44.2 Å². The van der Waals surface area contributed by atoms with Gasteiger partial charge in [0.25, 0.3) is 0 Å². The molecule has 1 aromatic carbocycles. The van der Waals surface area contributed by atoms with Crippen LogP contribution in [0.4, 0.5) is 0 Å².